The molecular weight excluding hydrogens is 406 g/mol. The van der Waals surface area contributed by atoms with E-state index in [0.717, 1.165) is 56.9 Å². The first kappa shape index (κ1) is 20.5. The largest absolute Gasteiger partial charge is 0.493 e. The number of fused-ring (bicyclic) bond motifs is 1. The fourth-order valence-electron chi connectivity index (χ4n) is 3.42. The standard InChI is InChI=1S/C20H23N5O4S/c1-27-15-9-13-14(10-16(15)29-6-2-3-25-4-7-28-8-5-25)22-12-23-18(13)19-17(11-26)30-20(21)24-19/h9-12H,2-8H2,1H3,(H2,21,24). The zero-order chi connectivity index (χ0) is 20.9. The van der Waals surface area contributed by atoms with Gasteiger partial charge in [0.1, 0.15) is 17.7 Å². The summed E-state index contributed by atoms with van der Waals surface area (Å²) in [5.41, 5.74) is 7.44. The number of aldehydes is 1. The van der Waals surface area contributed by atoms with Gasteiger partial charge in [0, 0.05) is 31.1 Å². The minimum absolute atomic E-state index is 0.311. The second kappa shape index (κ2) is 9.33. The van der Waals surface area contributed by atoms with Crippen molar-refractivity contribution in [1.29, 1.82) is 0 Å². The zero-order valence-corrected chi connectivity index (χ0v) is 17.5. The van der Waals surface area contributed by atoms with Crippen LogP contribution in [0.25, 0.3) is 22.3 Å². The van der Waals surface area contributed by atoms with Crippen LogP contribution in [0.1, 0.15) is 16.1 Å². The Morgan fingerprint density at radius 1 is 1.23 bits per heavy atom. The van der Waals surface area contributed by atoms with Crippen molar-refractivity contribution >= 4 is 33.7 Å². The van der Waals surface area contributed by atoms with Crippen LogP contribution >= 0.6 is 11.3 Å². The number of nitrogens with two attached hydrogens (primary N) is 1. The predicted molar refractivity (Wildman–Crippen MR) is 114 cm³/mol. The second-order valence-corrected chi connectivity index (χ2v) is 7.84. The van der Waals surface area contributed by atoms with Gasteiger partial charge in [0.2, 0.25) is 0 Å². The van der Waals surface area contributed by atoms with E-state index in [4.69, 9.17) is 19.9 Å². The molecule has 0 spiro atoms. The molecule has 9 nitrogen and oxygen atoms in total. The Morgan fingerprint density at radius 2 is 2.07 bits per heavy atom. The number of carbonyl (C=O) groups excluding carboxylic acids is 1. The van der Waals surface area contributed by atoms with Gasteiger partial charge in [-0.05, 0) is 12.5 Å². The SMILES string of the molecule is COc1cc2c(-c3nc(N)sc3C=O)ncnc2cc1OCCCN1CCOCC1. The molecule has 0 amide bonds. The van der Waals surface area contributed by atoms with Crippen molar-refractivity contribution in [2.45, 2.75) is 6.42 Å². The molecule has 1 aliphatic heterocycles. The number of morpholine rings is 1. The molecule has 158 valence electrons. The molecule has 2 N–H and O–H groups in total. The van der Waals surface area contributed by atoms with Crippen molar-refractivity contribution < 1.29 is 19.0 Å². The lowest BCUT2D eigenvalue weighted by atomic mass is 10.1. The van der Waals surface area contributed by atoms with Crippen LogP contribution in [0.15, 0.2) is 18.5 Å². The second-order valence-electron chi connectivity index (χ2n) is 6.78. The average molecular weight is 430 g/mol. The molecule has 0 radical (unpaired) electrons. The molecule has 0 aliphatic carbocycles. The minimum Gasteiger partial charge on any atom is -0.493 e. The van der Waals surface area contributed by atoms with Crippen LogP contribution in [-0.2, 0) is 4.74 Å². The third-order valence-corrected chi connectivity index (χ3v) is 5.71. The first-order chi connectivity index (χ1) is 14.7. The summed E-state index contributed by atoms with van der Waals surface area (Å²) in [5.74, 6) is 1.19. The number of rotatable bonds is 8. The van der Waals surface area contributed by atoms with E-state index in [1.807, 2.05) is 12.1 Å². The van der Waals surface area contributed by atoms with Crippen LogP contribution in [0.4, 0.5) is 5.13 Å². The van der Waals surface area contributed by atoms with E-state index < -0.39 is 0 Å². The van der Waals surface area contributed by atoms with Gasteiger partial charge in [0.15, 0.2) is 22.9 Å². The van der Waals surface area contributed by atoms with Crippen molar-refractivity contribution in [3.8, 4) is 22.9 Å². The van der Waals surface area contributed by atoms with Crippen molar-refractivity contribution in [3.05, 3.63) is 23.3 Å². The normalized spacial score (nSPS) is 14.7. The van der Waals surface area contributed by atoms with Crippen LogP contribution in [-0.4, -0.2) is 72.7 Å². The summed E-state index contributed by atoms with van der Waals surface area (Å²) in [4.78, 5) is 27.2. The molecule has 3 heterocycles. The number of methoxy groups -OCH3 is 1. The Hall–Kier alpha value is -2.82. The summed E-state index contributed by atoms with van der Waals surface area (Å²) in [6.45, 7) is 5.03. The Balaban J connectivity index is 1.56. The molecule has 1 fully saturated rings. The number of nitrogen functional groups attached to an aromatic ring is 1. The first-order valence-electron chi connectivity index (χ1n) is 9.67. The molecule has 0 saturated carbocycles. The van der Waals surface area contributed by atoms with Gasteiger partial charge >= 0.3 is 0 Å². The van der Waals surface area contributed by atoms with E-state index >= 15 is 0 Å². The lowest BCUT2D eigenvalue weighted by molar-refractivity contribution is 0.0357. The molecule has 3 aromatic rings. The molecular formula is C20H23N5O4S. The third-order valence-electron chi connectivity index (χ3n) is 4.90. The van der Waals surface area contributed by atoms with Crippen molar-refractivity contribution in [2.24, 2.45) is 0 Å². The average Bonchev–Trinajstić information content (AvgIpc) is 3.16. The Labute approximate surface area is 177 Å². The quantitative estimate of drug-likeness (QED) is 0.425. The van der Waals surface area contributed by atoms with E-state index in [2.05, 4.69) is 19.9 Å². The van der Waals surface area contributed by atoms with E-state index in [1.54, 1.807) is 7.11 Å². The molecule has 1 aliphatic rings. The summed E-state index contributed by atoms with van der Waals surface area (Å²) in [5, 5.41) is 1.02. The van der Waals surface area contributed by atoms with Gasteiger partial charge in [-0.25, -0.2) is 15.0 Å². The molecule has 4 rings (SSSR count). The Morgan fingerprint density at radius 3 is 2.83 bits per heavy atom. The lowest BCUT2D eigenvalue weighted by Crippen LogP contribution is -2.37. The van der Waals surface area contributed by atoms with Gasteiger partial charge in [-0.15, -0.1) is 0 Å². The van der Waals surface area contributed by atoms with Gasteiger partial charge in [0.05, 0.1) is 37.3 Å². The van der Waals surface area contributed by atoms with Crippen LogP contribution in [0.3, 0.4) is 0 Å². The smallest absolute Gasteiger partial charge is 0.181 e. The van der Waals surface area contributed by atoms with E-state index in [9.17, 15) is 4.79 Å². The molecule has 0 atom stereocenters. The molecule has 0 unspecified atom stereocenters. The number of benzene rings is 1. The van der Waals surface area contributed by atoms with Gasteiger partial charge < -0.3 is 19.9 Å². The number of hydrogen-bond acceptors (Lipinski definition) is 10. The molecule has 30 heavy (non-hydrogen) atoms. The number of ether oxygens (including phenoxy) is 3. The van der Waals surface area contributed by atoms with Crippen molar-refractivity contribution in [3.63, 3.8) is 0 Å². The van der Waals surface area contributed by atoms with Crippen LogP contribution in [0.2, 0.25) is 0 Å². The summed E-state index contributed by atoms with van der Waals surface area (Å²) in [6, 6.07) is 3.64. The summed E-state index contributed by atoms with van der Waals surface area (Å²) in [7, 11) is 1.59. The summed E-state index contributed by atoms with van der Waals surface area (Å²) in [6.07, 6.45) is 3.08. The topological polar surface area (TPSA) is 113 Å². The van der Waals surface area contributed by atoms with Crippen LogP contribution in [0.5, 0.6) is 11.5 Å². The minimum atomic E-state index is 0.311. The number of aromatic nitrogens is 3. The number of hydrogen-bond donors (Lipinski definition) is 1. The van der Waals surface area contributed by atoms with Crippen molar-refractivity contribution in [1.82, 2.24) is 19.9 Å². The van der Waals surface area contributed by atoms with Crippen LogP contribution in [0, 0.1) is 0 Å². The highest BCUT2D eigenvalue weighted by Crippen LogP contribution is 2.37. The summed E-state index contributed by atoms with van der Waals surface area (Å²) < 4.78 is 16.9. The maximum atomic E-state index is 11.4. The molecule has 2 aromatic heterocycles. The molecule has 0 bridgehead atoms. The maximum Gasteiger partial charge on any atom is 0.181 e. The number of anilines is 1. The fourth-order valence-corrected chi connectivity index (χ4v) is 4.07. The number of thiazole rings is 1. The van der Waals surface area contributed by atoms with Gasteiger partial charge in [-0.3, -0.25) is 9.69 Å². The highest BCUT2D eigenvalue weighted by molar-refractivity contribution is 7.17. The zero-order valence-electron chi connectivity index (χ0n) is 16.7. The Bertz CT molecular complexity index is 1040. The highest BCUT2D eigenvalue weighted by Gasteiger charge is 2.18. The fraction of sp³-hybridized carbons (Fsp3) is 0.400. The first-order valence-corrected chi connectivity index (χ1v) is 10.5. The predicted octanol–water partition coefficient (Wildman–Crippen LogP) is 2.26. The monoisotopic (exact) mass is 429 g/mol. The third kappa shape index (κ3) is 4.35. The van der Waals surface area contributed by atoms with Crippen LogP contribution < -0.4 is 15.2 Å². The van der Waals surface area contributed by atoms with E-state index in [-0.39, 0.29) is 0 Å². The van der Waals surface area contributed by atoms with Gasteiger partial charge in [-0.2, -0.15) is 0 Å². The molecule has 1 aromatic carbocycles. The molecule has 1 saturated heterocycles. The highest BCUT2D eigenvalue weighted by atomic mass is 32.1. The number of nitrogens with zero attached hydrogens (tertiary/aromatic N) is 4. The number of carbonyl (C=O) groups is 1. The maximum absolute atomic E-state index is 11.4. The van der Waals surface area contributed by atoms with E-state index in [0.29, 0.717) is 50.4 Å². The van der Waals surface area contributed by atoms with Gasteiger partial charge in [0.25, 0.3) is 0 Å². The summed E-state index contributed by atoms with van der Waals surface area (Å²) >= 11 is 1.13. The van der Waals surface area contributed by atoms with E-state index in [1.165, 1.54) is 6.33 Å². The van der Waals surface area contributed by atoms with Crippen molar-refractivity contribution in [2.75, 3.05) is 52.3 Å². The van der Waals surface area contributed by atoms with Gasteiger partial charge in [-0.1, -0.05) is 11.3 Å². The lowest BCUT2D eigenvalue weighted by Gasteiger charge is -2.26. The molecule has 10 heteroatoms. The Kier molecular flexibility index (Phi) is 6.36.